The van der Waals surface area contributed by atoms with Crippen LogP contribution in [0.15, 0.2) is 138 Å². The molecule has 2 heterocycles. The topological polar surface area (TPSA) is 75.6 Å². The van der Waals surface area contributed by atoms with Crippen molar-refractivity contribution in [2.75, 3.05) is 0 Å². The molecule has 2 aliphatic carbocycles. The lowest BCUT2D eigenvalue weighted by Crippen LogP contribution is -2.28. The van der Waals surface area contributed by atoms with E-state index >= 15 is 0 Å². The number of furan rings is 1. The monoisotopic (exact) mass is 656 g/mol. The molecule has 0 atom stereocenters. The molecule has 5 heteroatoms. The van der Waals surface area contributed by atoms with Crippen molar-refractivity contribution in [3.63, 3.8) is 0 Å². The van der Waals surface area contributed by atoms with Crippen molar-refractivity contribution in [1.82, 2.24) is 15.0 Å². The predicted octanol–water partition coefficient (Wildman–Crippen LogP) is 11.5. The zero-order chi connectivity index (χ0) is 33.9. The van der Waals surface area contributed by atoms with E-state index < -0.39 is 0 Å². The lowest BCUT2D eigenvalue weighted by atomic mass is 9.67. The zero-order valence-corrected chi connectivity index (χ0v) is 27.9. The molecular formula is C46H32N4O. The highest BCUT2D eigenvalue weighted by atomic mass is 16.3. The van der Waals surface area contributed by atoms with Gasteiger partial charge in [0.05, 0.1) is 17.2 Å². The molecule has 242 valence electrons. The van der Waals surface area contributed by atoms with Gasteiger partial charge in [0, 0.05) is 27.3 Å². The van der Waals surface area contributed by atoms with Crippen LogP contribution in [-0.2, 0) is 5.41 Å². The summed E-state index contributed by atoms with van der Waals surface area (Å²) in [5.74, 6) is 1.77. The van der Waals surface area contributed by atoms with Crippen molar-refractivity contribution < 1.29 is 4.42 Å². The zero-order valence-electron chi connectivity index (χ0n) is 27.9. The number of nitrogens with zero attached hydrogens (tertiary/aromatic N) is 4. The smallest absolute Gasteiger partial charge is 0.167 e. The minimum atomic E-state index is -0.0469. The molecule has 6 aromatic carbocycles. The molecule has 51 heavy (non-hydrogen) atoms. The Bertz CT molecular complexity index is 2700. The molecule has 0 bridgehead atoms. The van der Waals surface area contributed by atoms with Crippen LogP contribution in [-0.4, -0.2) is 15.0 Å². The van der Waals surface area contributed by atoms with Crippen molar-refractivity contribution >= 4 is 21.9 Å². The number of aromatic nitrogens is 3. The van der Waals surface area contributed by atoms with E-state index in [0.29, 0.717) is 17.5 Å². The summed E-state index contributed by atoms with van der Waals surface area (Å²) in [6, 6.07) is 48.4. The van der Waals surface area contributed by atoms with Crippen molar-refractivity contribution in [2.24, 2.45) is 0 Å². The first-order chi connectivity index (χ1) is 25.2. The van der Waals surface area contributed by atoms with Gasteiger partial charge in [-0.05, 0) is 76.6 Å². The van der Waals surface area contributed by atoms with Gasteiger partial charge in [-0.25, -0.2) is 15.0 Å². The molecule has 8 aromatic rings. The number of hydrogen-bond acceptors (Lipinski definition) is 5. The summed E-state index contributed by atoms with van der Waals surface area (Å²) in [5, 5.41) is 11.9. The minimum Gasteiger partial charge on any atom is -0.455 e. The second kappa shape index (κ2) is 11.6. The van der Waals surface area contributed by atoms with Crippen LogP contribution >= 0.6 is 0 Å². The second-order valence-corrected chi connectivity index (χ2v) is 13.8. The summed E-state index contributed by atoms with van der Waals surface area (Å²) in [4.78, 5) is 15.2. The molecule has 0 aliphatic heterocycles. The number of nitriles is 1. The molecule has 5 nitrogen and oxygen atoms in total. The Morgan fingerprint density at radius 2 is 1.22 bits per heavy atom. The van der Waals surface area contributed by atoms with Crippen LogP contribution in [0, 0.1) is 11.3 Å². The second-order valence-electron chi connectivity index (χ2n) is 13.8. The molecule has 0 N–H and O–H groups in total. The molecule has 1 fully saturated rings. The fourth-order valence-corrected chi connectivity index (χ4v) is 8.64. The van der Waals surface area contributed by atoms with Crippen molar-refractivity contribution in [2.45, 2.75) is 37.5 Å². The fourth-order valence-electron chi connectivity index (χ4n) is 8.64. The number of benzene rings is 6. The van der Waals surface area contributed by atoms with Crippen molar-refractivity contribution in [3.8, 4) is 62.5 Å². The van der Waals surface area contributed by atoms with Crippen LogP contribution in [0.2, 0.25) is 0 Å². The van der Waals surface area contributed by atoms with E-state index in [1.165, 1.54) is 47.1 Å². The van der Waals surface area contributed by atoms with Crippen LogP contribution in [0.5, 0.6) is 0 Å². The Morgan fingerprint density at radius 3 is 2.08 bits per heavy atom. The van der Waals surface area contributed by atoms with E-state index in [9.17, 15) is 5.26 Å². The highest BCUT2D eigenvalue weighted by Crippen LogP contribution is 2.58. The Morgan fingerprint density at radius 1 is 0.529 bits per heavy atom. The van der Waals surface area contributed by atoms with Gasteiger partial charge in [0.15, 0.2) is 17.5 Å². The Kier molecular flexibility index (Phi) is 6.72. The lowest BCUT2D eigenvalue weighted by Gasteiger charge is -2.36. The fraction of sp³-hybridized carbons (Fsp3) is 0.130. The van der Waals surface area contributed by atoms with Crippen LogP contribution in [0.3, 0.4) is 0 Å². The number of hydrogen-bond donors (Lipinski definition) is 0. The standard InChI is InChI=1S/C46H32N4O/c47-28-29-22-23-36-39(26-29)46(24-7-2-8-25-46)38-20-11-17-33(41(36)38)31-14-9-15-32(27-31)44-48-43(30-12-3-1-4-13-30)49-45(50-44)37-19-10-18-35-34-16-5-6-21-40(34)51-42(35)37/h1,3-6,9-23,26-27H,2,7-8,24-25H2. The van der Waals surface area contributed by atoms with E-state index in [4.69, 9.17) is 19.4 Å². The average molecular weight is 657 g/mol. The molecule has 0 unspecified atom stereocenters. The summed E-state index contributed by atoms with van der Waals surface area (Å²) in [6.07, 6.45) is 5.87. The van der Waals surface area contributed by atoms with Crippen LogP contribution in [0.4, 0.5) is 0 Å². The van der Waals surface area contributed by atoms with E-state index in [-0.39, 0.29) is 5.41 Å². The van der Waals surface area contributed by atoms with Gasteiger partial charge in [0.2, 0.25) is 0 Å². The van der Waals surface area contributed by atoms with E-state index in [1.807, 2.05) is 66.7 Å². The van der Waals surface area contributed by atoms with Crippen LogP contribution in [0.1, 0.15) is 48.8 Å². The summed E-state index contributed by atoms with van der Waals surface area (Å²) >= 11 is 0. The first kappa shape index (κ1) is 29.5. The van der Waals surface area contributed by atoms with Gasteiger partial charge in [-0.15, -0.1) is 0 Å². The SMILES string of the molecule is N#Cc1ccc2c(c1)C1(CCCCC1)c1cccc(-c3cccc(-c4nc(-c5ccccc5)nc(-c5cccc6c5oc5ccccc56)n4)c3)c1-2. The van der Waals surface area contributed by atoms with Gasteiger partial charge >= 0.3 is 0 Å². The third-order valence-corrected chi connectivity index (χ3v) is 11.0. The summed E-state index contributed by atoms with van der Waals surface area (Å²) in [6.45, 7) is 0. The van der Waals surface area contributed by atoms with E-state index in [0.717, 1.165) is 62.6 Å². The number of fused-ring (bicyclic) bond motifs is 8. The normalized spacial score (nSPS) is 14.4. The maximum absolute atomic E-state index is 9.84. The Labute approximate surface area is 295 Å². The molecule has 10 rings (SSSR count). The Balaban J connectivity index is 1.15. The van der Waals surface area contributed by atoms with Crippen LogP contribution in [0.25, 0.3) is 78.4 Å². The third-order valence-electron chi connectivity index (χ3n) is 11.0. The van der Waals surface area contributed by atoms with Gasteiger partial charge in [0.1, 0.15) is 11.2 Å². The van der Waals surface area contributed by atoms with Gasteiger partial charge in [-0.3, -0.25) is 0 Å². The molecule has 0 radical (unpaired) electrons. The molecule has 0 amide bonds. The largest absolute Gasteiger partial charge is 0.455 e. The van der Waals surface area contributed by atoms with Gasteiger partial charge < -0.3 is 4.42 Å². The Hall–Kier alpha value is -6.38. The molecule has 1 spiro atoms. The number of rotatable bonds is 4. The van der Waals surface area contributed by atoms with Crippen molar-refractivity contribution in [1.29, 1.82) is 5.26 Å². The maximum atomic E-state index is 9.84. The molecular weight excluding hydrogens is 625 g/mol. The molecule has 0 saturated heterocycles. The lowest BCUT2D eigenvalue weighted by molar-refractivity contribution is 0.353. The van der Waals surface area contributed by atoms with Gasteiger partial charge in [-0.2, -0.15) is 5.26 Å². The predicted molar refractivity (Wildman–Crippen MR) is 203 cm³/mol. The maximum Gasteiger partial charge on any atom is 0.167 e. The molecule has 2 aliphatic rings. The average Bonchev–Trinajstić information content (AvgIpc) is 3.71. The summed E-state index contributed by atoms with van der Waals surface area (Å²) in [5.41, 5.74) is 12.5. The summed E-state index contributed by atoms with van der Waals surface area (Å²) < 4.78 is 6.42. The molecule has 1 saturated carbocycles. The van der Waals surface area contributed by atoms with E-state index in [1.54, 1.807) is 0 Å². The van der Waals surface area contributed by atoms with Crippen molar-refractivity contribution in [3.05, 3.63) is 150 Å². The van der Waals surface area contributed by atoms with Crippen LogP contribution < -0.4 is 0 Å². The summed E-state index contributed by atoms with van der Waals surface area (Å²) in [7, 11) is 0. The highest BCUT2D eigenvalue weighted by molar-refractivity contribution is 6.09. The highest BCUT2D eigenvalue weighted by Gasteiger charge is 2.44. The van der Waals surface area contributed by atoms with E-state index in [2.05, 4.69) is 72.8 Å². The first-order valence-electron chi connectivity index (χ1n) is 17.7. The van der Waals surface area contributed by atoms with Gasteiger partial charge in [-0.1, -0.05) is 122 Å². The first-order valence-corrected chi connectivity index (χ1v) is 17.7. The quantitative estimate of drug-likeness (QED) is 0.188. The molecule has 2 aromatic heterocycles. The minimum absolute atomic E-state index is 0.0469. The number of para-hydroxylation sites is 2. The third kappa shape index (κ3) is 4.64. The van der Waals surface area contributed by atoms with Gasteiger partial charge in [0.25, 0.3) is 0 Å².